The SMILES string of the molecule is OCC1=COC(CBr)(CCc2ccc(Cl)cc2)O1. The first kappa shape index (κ1) is 13.7. The summed E-state index contributed by atoms with van der Waals surface area (Å²) in [5.74, 6) is -0.247. The molecular formula is C13H14BrClO3. The Labute approximate surface area is 119 Å². The van der Waals surface area contributed by atoms with Gasteiger partial charge in [0.2, 0.25) is 0 Å². The Bertz CT molecular complexity index is 432. The zero-order valence-electron chi connectivity index (χ0n) is 9.73. The third-order valence-corrected chi connectivity index (χ3v) is 3.90. The number of rotatable bonds is 5. The third-order valence-electron chi connectivity index (χ3n) is 2.79. The van der Waals surface area contributed by atoms with Crippen molar-refractivity contribution in [1.29, 1.82) is 0 Å². The van der Waals surface area contributed by atoms with Crippen LogP contribution in [0.2, 0.25) is 5.02 Å². The molecule has 0 fully saturated rings. The Kier molecular flexibility index (Phi) is 4.54. The van der Waals surface area contributed by atoms with Crippen molar-refractivity contribution in [3.05, 3.63) is 46.9 Å². The first-order valence-electron chi connectivity index (χ1n) is 5.64. The molecule has 3 nitrogen and oxygen atoms in total. The molecule has 18 heavy (non-hydrogen) atoms. The summed E-state index contributed by atoms with van der Waals surface area (Å²) in [6.07, 6.45) is 2.98. The van der Waals surface area contributed by atoms with Gasteiger partial charge < -0.3 is 14.6 Å². The predicted octanol–water partition coefficient (Wildman–Crippen LogP) is 3.24. The Balaban J connectivity index is 1.94. The van der Waals surface area contributed by atoms with Crippen LogP contribution >= 0.6 is 27.5 Å². The van der Waals surface area contributed by atoms with Gasteiger partial charge in [-0.05, 0) is 24.1 Å². The summed E-state index contributed by atoms with van der Waals surface area (Å²) in [6.45, 7) is -0.143. The minimum Gasteiger partial charge on any atom is -0.455 e. The lowest BCUT2D eigenvalue weighted by molar-refractivity contribution is -0.135. The molecule has 1 aliphatic rings. The molecule has 1 aliphatic heterocycles. The molecule has 0 aromatic heterocycles. The average molecular weight is 334 g/mol. The number of hydrogen-bond acceptors (Lipinski definition) is 3. The Hall–Kier alpha value is -0.710. The first-order valence-corrected chi connectivity index (χ1v) is 7.14. The van der Waals surface area contributed by atoms with Gasteiger partial charge in [-0.2, -0.15) is 0 Å². The number of ether oxygens (including phenoxy) is 2. The van der Waals surface area contributed by atoms with E-state index >= 15 is 0 Å². The molecule has 98 valence electrons. The van der Waals surface area contributed by atoms with Crippen LogP contribution in [0.1, 0.15) is 12.0 Å². The summed E-state index contributed by atoms with van der Waals surface area (Å²) in [7, 11) is 0. The minimum absolute atomic E-state index is 0.143. The molecule has 1 aromatic carbocycles. The van der Waals surface area contributed by atoms with E-state index in [2.05, 4.69) is 15.9 Å². The predicted molar refractivity (Wildman–Crippen MR) is 73.6 cm³/mol. The molecule has 0 saturated heterocycles. The lowest BCUT2D eigenvalue weighted by atomic mass is 10.1. The molecule has 1 N–H and O–H groups in total. The molecule has 2 rings (SSSR count). The summed E-state index contributed by atoms with van der Waals surface area (Å²) in [6, 6.07) is 7.70. The maximum atomic E-state index is 9.01. The summed E-state index contributed by atoms with van der Waals surface area (Å²) in [5, 5.41) is 10.3. The number of aliphatic hydroxyl groups excluding tert-OH is 1. The number of hydrogen-bond donors (Lipinski definition) is 1. The van der Waals surface area contributed by atoms with Gasteiger partial charge in [0.1, 0.15) is 12.9 Å². The second-order valence-corrected chi connectivity index (χ2v) is 5.13. The van der Waals surface area contributed by atoms with Crippen molar-refractivity contribution >= 4 is 27.5 Å². The first-order chi connectivity index (χ1) is 8.67. The summed E-state index contributed by atoms with van der Waals surface area (Å²) < 4.78 is 11.1. The molecule has 1 unspecified atom stereocenters. The fourth-order valence-electron chi connectivity index (χ4n) is 1.75. The quantitative estimate of drug-likeness (QED) is 0.841. The van der Waals surface area contributed by atoms with E-state index in [4.69, 9.17) is 26.2 Å². The highest BCUT2D eigenvalue weighted by Crippen LogP contribution is 2.31. The summed E-state index contributed by atoms with van der Waals surface area (Å²) in [5.41, 5.74) is 1.17. The van der Waals surface area contributed by atoms with Gasteiger partial charge in [0.25, 0.3) is 5.79 Å². The molecule has 0 aliphatic carbocycles. The van der Waals surface area contributed by atoms with Crippen molar-refractivity contribution in [1.82, 2.24) is 0 Å². The monoisotopic (exact) mass is 332 g/mol. The average Bonchev–Trinajstić information content (AvgIpc) is 2.83. The molecule has 5 heteroatoms. The molecule has 0 radical (unpaired) electrons. The van der Waals surface area contributed by atoms with Crippen LogP contribution in [0.4, 0.5) is 0 Å². The van der Waals surface area contributed by atoms with Gasteiger partial charge in [-0.25, -0.2) is 0 Å². The van der Waals surface area contributed by atoms with Gasteiger partial charge >= 0.3 is 0 Å². The van der Waals surface area contributed by atoms with Gasteiger partial charge in [-0.15, -0.1) is 0 Å². The molecule has 0 saturated carbocycles. The lowest BCUT2D eigenvalue weighted by Crippen LogP contribution is -2.33. The second-order valence-electron chi connectivity index (χ2n) is 4.13. The molecule has 1 aromatic rings. The van der Waals surface area contributed by atoms with Gasteiger partial charge in [-0.1, -0.05) is 39.7 Å². The van der Waals surface area contributed by atoms with Crippen LogP contribution in [0.3, 0.4) is 0 Å². The summed E-state index contributed by atoms with van der Waals surface area (Å²) in [4.78, 5) is 0. The van der Waals surface area contributed by atoms with Crippen LogP contribution in [-0.2, 0) is 15.9 Å². The molecule has 1 heterocycles. The smallest absolute Gasteiger partial charge is 0.260 e. The highest BCUT2D eigenvalue weighted by atomic mass is 79.9. The van der Waals surface area contributed by atoms with Gasteiger partial charge in [-0.3, -0.25) is 0 Å². The van der Waals surface area contributed by atoms with Crippen molar-refractivity contribution in [2.24, 2.45) is 0 Å². The summed E-state index contributed by atoms with van der Waals surface area (Å²) >= 11 is 9.23. The number of benzene rings is 1. The van der Waals surface area contributed by atoms with Crippen molar-refractivity contribution in [3.63, 3.8) is 0 Å². The molecular weight excluding hydrogens is 319 g/mol. The number of aryl methyl sites for hydroxylation is 1. The lowest BCUT2D eigenvalue weighted by Gasteiger charge is -2.26. The van der Waals surface area contributed by atoms with Crippen LogP contribution in [0, 0.1) is 0 Å². The minimum atomic E-state index is -0.711. The van der Waals surface area contributed by atoms with Crippen LogP contribution < -0.4 is 0 Å². The largest absolute Gasteiger partial charge is 0.455 e. The molecule has 1 atom stereocenters. The van der Waals surface area contributed by atoms with E-state index in [1.54, 1.807) is 0 Å². The van der Waals surface area contributed by atoms with Crippen LogP contribution in [0.25, 0.3) is 0 Å². The van der Waals surface area contributed by atoms with Crippen LogP contribution in [0.5, 0.6) is 0 Å². The highest BCUT2D eigenvalue weighted by Gasteiger charge is 2.37. The van der Waals surface area contributed by atoms with E-state index in [0.717, 1.165) is 11.4 Å². The van der Waals surface area contributed by atoms with E-state index in [9.17, 15) is 0 Å². The van der Waals surface area contributed by atoms with Gasteiger partial charge in [0.05, 0.1) is 5.33 Å². The van der Waals surface area contributed by atoms with Crippen LogP contribution in [0.15, 0.2) is 36.3 Å². The molecule has 0 spiro atoms. The van der Waals surface area contributed by atoms with Gasteiger partial charge in [0, 0.05) is 11.4 Å². The zero-order chi connectivity index (χ0) is 13.0. The third kappa shape index (κ3) is 3.19. The Morgan fingerprint density at radius 1 is 1.28 bits per heavy atom. The standard InChI is InChI=1S/C13H14BrClO3/c14-9-13(17-8-12(7-16)18-13)6-5-10-1-3-11(15)4-2-10/h1-4,8,16H,5-7,9H2. The fourth-order valence-corrected chi connectivity index (χ4v) is 2.40. The van der Waals surface area contributed by atoms with E-state index in [0.29, 0.717) is 17.5 Å². The number of halogens is 2. The van der Waals surface area contributed by atoms with Gasteiger partial charge in [0.15, 0.2) is 5.76 Å². The molecule has 0 bridgehead atoms. The van der Waals surface area contributed by atoms with Crippen molar-refractivity contribution in [2.75, 3.05) is 11.9 Å². The Morgan fingerprint density at radius 2 is 2.00 bits per heavy atom. The normalized spacial score (nSPS) is 22.3. The maximum absolute atomic E-state index is 9.01. The number of aliphatic hydroxyl groups is 1. The zero-order valence-corrected chi connectivity index (χ0v) is 12.1. The van der Waals surface area contributed by atoms with E-state index < -0.39 is 5.79 Å². The van der Waals surface area contributed by atoms with Crippen molar-refractivity contribution in [2.45, 2.75) is 18.6 Å². The van der Waals surface area contributed by atoms with Crippen LogP contribution in [-0.4, -0.2) is 22.8 Å². The highest BCUT2D eigenvalue weighted by molar-refractivity contribution is 9.09. The topological polar surface area (TPSA) is 38.7 Å². The second kappa shape index (κ2) is 5.95. The molecule has 0 amide bonds. The fraction of sp³-hybridized carbons (Fsp3) is 0.385. The van der Waals surface area contributed by atoms with E-state index in [-0.39, 0.29) is 6.61 Å². The van der Waals surface area contributed by atoms with Crippen molar-refractivity contribution < 1.29 is 14.6 Å². The van der Waals surface area contributed by atoms with E-state index in [1.807, 2.05) is 24.3 Å². The van der Waals surface area contributed by atoms with Crippen molar-refractivity contribution in [3.8, 4) is 0 Å². The van der Waals surface area contributed by atoms with E-state index in [1.165, 1.54) is 11.8 Å². The maximum Gasteiger partial charge on any atom is 0.260 e. The Morgan fingerprint density at radius 3 is 2.56 bits per heavy atom. The number of alkyl halides is 1.